The summed E-state index contributed by atoms with van der Waals surface area (Å²) in [6, 6.07) is 6.95. The van der Waals surface area contributed by atoms with Crippen molar-refractivity contribution in [3.63, 3.8) is 0 Å². The Labute approximate surface area is 125 Å². The first kappa shape index (κ1) is 14.2. The van der Waals surface area contributed by atoms with Gasteiger partial charge in [0.1, 0.15) is 4.88 Å². The van der Waals surface area contributed by atoms with E-state index in [0.717, 1.165) is 5.56 Å². The van der Waals surface area contributed by atoms with Gasteiger partial charge in [-0.15, -0.1) is 11.3 Å². The molecule has 0 atom stereocenters. The highest BCUT2D eigenvalue weighted by atomic mass is 35.5. The van der Waals surface area contributed by atoms with Crippen molar-refractivity contribution in [2.75, 3.05) is 12.8 Å². The van der Waals surface area contributed by atoms with Crippen molar-refractivity contribution in [1.29, 1.82) is 0 Å². The van der Waals surface area contributed by atoms with Gasteiger partial charge >= 0.3 is 0 Å². The third kappa shape index (κ3) is 3.21. The Kier molecular flexibility index (Phi) is 4.34. The van der Waals surface area contributed by atoms with Gasteiger partial charge in [-0.25, -0.2) is 0 Å². The Bertz CT molecular complexity index is 612. The van der Waals surface area contributed by atoms with E-state index in [2.05, 4.69) is 0 Å². The largest absolute Gasteiger partial charge is 0.397 e. The van der Waals surface area contributed by atoms with E-state index in [0.29, 0.717) is 27.2 Å². The number of carbonyl (C=O) groups excluding carboxylic acids is 1. The molecule has 2 aromatic rings. The van der Waals surface area contributed by atoms with Crippen LogP contribution in [0.1, 0.15) is 15.2 Å². The molecule has 2 N–H and O–H groups in total. The van der Waals surface area contributed by atoms with E-state index in [4.69, 9.17) is 28.9 Å². The minimum Gasteiger partial charge on any atom is -0.397 e. The summed E-state index contributed by atoms with van der Waals surface area (Å²) in [6.07, 6.45) is 0. The lowest BCUT2D eigenvalue weighted by Crippen LogP contribution is -2.26. The fraction of sp³-hybridized carbons (Fsp3) is 0.154. The molecule has 0 saturated carbocycles. The first-order valence-corrected chi connectivity index (χ1v) is 7.15. The molecule has 0 bridgehead atoms. The summed E-state index contributed by atoms with van der Waals surface area (Å²) in [5.74, 6) is -0.112. The molecule has 0 saturated heterocycles. The Morgan fingerprint density at radius 1 is 1.37 bits per heavy atom. The lowest BCUT2D eigenvalue weighted by molar-refractivity contribution is 0.0791. The summed E-state index contributed by atoms with van der Waals surface area (Å²) < 4.78 is 0. The predicted molar refractivity (Wildman–Crippen MR) is 81.0 cm³/mol. The molecule has 0 aliphatic carbocycles. The van der Waals surface area contributed by atoms with Crippen molar-refractivity contribution in [2.24, 2.45) is 0 Å². The molecule has 0 unspecified atom stereocenters. The fourth-order valence-electron chi connectivity index (χ4n) is 1.64. The molecule has 6 heteroatoms. The minimum atomic E-state index is -0.112. The number of hydrogen-bond donors (Lipinski definition) is 1. The van der Waals surface area contributed by atoms with Crippen LogP contribution in [-0.2, 0) is 6.54 Å². The van der Waals surface area contributed by atoms with Gasteiger partial charge in [-0.3, -0.25) is 4.79 Å². The summed E-state index contributed by atoms with van der Waals surface area (Å²) in [5, 5.41) is 2.92. The smallest absolute Gasteiger partial charge is 0.266 e. The van der Waals surface area contributed by atoms with Crippen molar-refractivity contribution in [3.05, 3.63) is 50.1 Å². The van der Waals surface area contributed by atoms with E-state index in [-0.39, 0.29) is 5.91 Å². The van der Waals surface area contributed by atoms with Crippen LogP contribution in [0, 0.1) is 0 Å². The van der Waals surface area contributed by atoms with Gasteiger partial charge in [0, 0.05) is 23.6 Å². The third-order valence-corrected chi connectivity index (χ3v) is 4.16. The normalized spacial score (nSPS) is 10.5. The van der Waals surface area contributed by atoms with Gasteiger partial charge in [0.15, 0.2) is 0 Å². The van der Waals surface area contributed by atoms with Crippen molar-refractivity contribution < 1.29 is 4.79 Å². The topological polar surface area (TPSA) is 46.3 Å². The zero-order chi connectivity index (χ0) is 14.0. The second-order valence-electron chi connectivity index (χ2n) is 4.10. The van der Waals surface area contributed by atoms with Crippen LogP contribution in [0.5, 0.6) is 0 Å². The summed E-state index contributed by atoms with van der Waals surface area (Å²) >= 11 is 13.3. The number of benzene rings is 1. The number of thiophene rings is 1. The number of amides is 1. The Balaban J connectivity index is 2.15. The van der Waals surface area contributed by atoms with Gasteiger partial charge in [-0.1, -0.05) is 29.3 Å². The molecule has 1 amide bonds. The molecule has 19 heavy (non-hydrogen) atoms. The van der Waals surface area contributed by atoms with E-state index in [1.165, 1.54) is 11.3 Å². The van der Waals surface area contributed by atoms with E-state index in [1.54, 1.807) is 35.5 Å². The van der Waals surface area contributed by atoms with E-state index in [1.807, 2.05) is 6.07 Å². The molecule has 1 aromatic heterocycles. The lowest BCUT2D eigenvalue weighted by atomic mass is 10.2. The summed E-state index contributed by atoms with van der Waals surface area (Å²) in [4.78, 5) is 14.3. The summed E-state index contributed by atoms with van der Waals surface area (Å²) in [7, 11) is 1.71. The van der Waals surface area contributed by atoms with Crippen molar-refractivity contribution >= 4 is 46.1 Å². The van der Waals surface area contributed by atoms with Gasteiger partial charge in [0.05, 0.1) is 5.69 Å². The van der Waals surface area contributed by atoms with Crippen molar-refractivity contribution in [1.82, 2.24) is 4.90 Å². The van der Waals surface area contributed by atoms with Gasteiger partial charge < -0.3 is 10.6 Å². The first-order valence-electron chi connectivity index (χ1n) is 5.51. The lowest BCUT2D eigenvalue weighted by Gasteiger charge is -2.17. The fourth-order valence-corrected chi connectivity index (χ4v) is 2.92. The number of nitrogens with zero attached hydrogens (tertiary/aromatic N) is 1. The maximum absolute atomic E-state index is 12.2. The molecule has 0 aliphatic heterocycles. The van der Waals surface area contributed by atoms with Gasteiger partial charge in [0.2, 0.25) is 0 Å². The molecule has 3 nitrogen and oxygen atoms in total. The molecule has 2 rings (SSSR count). The van der Waals surface area contributed by atoms with Crippen LogP contribution in [0.15, 0.2) is 29.6 Å². The second kappa shape index (κ2) is 5.82. The second-order valence-corrected chi connectivity index (χ2v) is 5.86. The maximum atomic E-state index is 12.2. The van der Waals surface area contributed by atoms with Crippen LogP contribution >= 0.6 is 34.5 Å². The van der Waals surface area contributed by atoms with Crippen LogP contribution in [0.4, 0.5) is 5.69 Å². The van der Waals surface area contributed by atoms with Gasteiger partial charge in [-0.05, 0) is 29.1 Å². The monoisotopic (exact) mass is 314 g/mol. The molecule has 0 aliphatic rings. The highest BCUT2D eigenvalue weighted by molar-refractivity contribution is 7.12. The molecule has 100 valence electrons. The maximum Gasteiger partial charge on any atom is 0.266 e. The molecular formula is C13H12Cl2N2OS. The average molecular weight is 315 g/mol. The van der Waals surface area contributed by atoms with Gasteiger partial charge in [-0.2, -0.15) is 0 Å². The van der Waals surface area contributed by atoms with Crippen LogP contribution in [-0.4, -0.2) is 17.9 Å². The molecule has 0 radical (unpaired) electrons. The zero-order valence-electron chi connectivity index (χ0n) is 10.2. The van der Waals surface area contributed by atoms with Crippen LogP contribution in [0.2, 0.25) is 10.0 Å². The molecule has 1 aromatic carbocycles. The number of nitrogens with two attached hydrogens (primary N) is 1. The van der Waals surface area contributed by atoms with Crippen molar-refractivity contribution in [3.8, 4) is 0 Å². The number of anilines is 1. The van der Waals surface area contributed by atoms with Crippen molar-refractivity contribution in [2.45, 2.75) is 6.54 Å². The molecular weight excluding hydrogens is 303 g/mol. The minimum absolute atomic E-state index is 0.112. The number of hydrogen-bond acceptors (Lipinski definition) is 3. The highest BCUT2D eigenvalue weighted by Gasteiger charge is 2.17. The number of carbonyl (C=O) groups is 1. The first-order chi connectivity index (χ1) is 8.99. The third-order valence-electron chi connectivity index (χ3n) is 2.66. The Hall–Kier alpha value is -1.23. The Morgan fingerprint density at radius 3 is 2.68 bits per heavy atom. The quantitative estimate of drug-likeness (QED) is 0.933. The van der Waals surface area contributed by atoms with E-state index < -0.39 is 0 Å². The highest BCUT2D eigenvalue weighted by Crippen LogP contribution is 2.24. The van der Waals surface area contributed by atoms with Crippen LogP contribution in [0.25, 0.3) is 0 Å². The summed E-state index contributed by atoms with van der Waals surface area (Å²) in [6.45, 7) is 0.409. The molecule has 1 heterocycles. The van der Waals surface area contributed by atoms with Gasteiger partial charge in [0.25, 0.3) is 5.91 Å². The molecule has 0 fully saturated rings. The van der Waals surface area contributed by atoms with E-state index in [9.17, 15) is 4.79 Å². The van der Waals surface area contributed by atoms with Crippen LogP contribution < -0.4 is 5.73 Å². The summed E-state index contributed by atoms with van der Waals surface area (Å²) in [5.41, 5.74) is 7.09. The number of halogens is 2. The Morgan fingerprint density at radius 2 is 2.11 bits per heavy atom. The standard InChI is InChI=1S/C13H12Cl2N2OS/c1-17(13(18)12-11(16)4-5-19-12)7-8-2-3-9(14)6-10(8)15/h2-6H,7,16H2,1H3. The predicted octanol–water partition coefficient (Wildman–Crippen LogP) is 3.91. The van der Waals surface area contributed by atoms with Crippen LogP contribution in [0.3, 0.4) is 0 Å². The van der Waals surface area contributed by atoms with E-state index >= 15 is 0 Å². The zero-order valence-corrected chi connectivity index (χ0v) is 12.5. The average Bonchev–Trinajstić information content (AvgIpc) is 2.78. The number of nitrogen functional groups attached to an aromatic ring is 1. The SMILES string of the molecule is CN(Cc1ccc(Cl)cc1Cl)C(=O)c1sccc1N. The molecule has 0 spiro atoms. The number of rotatable bonds is 3.